The molecular formula is C51H32N4O5. The molecule has 0 fully saturated rings. The molecule has 0 radical (unpaired) electrons. The molecule has 4 aliphatic rings. The highest BCUT2D eigenvalue weighted by Gasteiger charge is 2.38. The van der Waals surface area contributed by atoms with E-state index in [0.717, 1.165) is 39.4 Å². The Balaban J connectivity index is 0.000000109. The standard InChI is InChI=1S/C18H11N.C17H12N2O3.C16H9NO2/c19-11-13-10-17-14-6-2-1-5-12(14)9-18(17)16-8-4-3-7-15(13)16;1-2-22-19-13-6-4-3-5-11(13)14-15(19)17(21)10-7-8-18-9-12(10)16(14)20;18-15-11-5-6-17-8-13(11)16(19)14-10-4-2-1-3-9(10)7-12(14)15/h1-8,10H,9H2;3-9H,2H2,1H3;1-6,8H,7H2. The summed E-state index contributed by atoms with van der Waals surface area (Å²) < 4.78 is 1.48. The van der Waals surface area contributed by atoms with Gasteiger partial charge in [-0.25, -0.2) is 0 Å². The van der Waals surface area contributed by atoms with E-state index in [1.165, 1.54) is 51.0 Å². The van der Waals surface area contributed by atoms with Crippen LogP contribution in [0.2, 0.25) is 0 Å². The first-order valence-electron chi connectivity index (χ1n) is 19.6. The summed E-state index contributed by atoms with van der Waals surface area (Å²) in [6.07, 6.45) is 7.53. The number of ketones is 4. The summed E-state index contributed by atoms with van der Waals surface area (Å²) in [7, 11) is 0. The fourth-order valence-corrected chi connectivity index (χ4v) is 8.92. The Hall–Kier alpha value is -8.09. The van der Waals surface area contributed by atoms with Gasteiger partial charge >= 0.3 is 0 Å². The van der Waals surface area contributed by atoms with Crippen LogP contribution in [-0.2, 0) is 12.8 Å². The molecule has 60 heavy (non-hydrogen) atoms. The zero-order chi connectivity index (χ0) is 41.1. The van der Waals surface area contributed by atoms with Crippen LogP contribution in [0.15, 0.2) is 146 Å². The molecule has 0 N–H and O–H groups in total. The SMILES string of the molecule is CCOn1c2c(c3ccccc31)C(=O)c1cnccc1C2=O.N#Cc1cc2c(c3ccccc13)Cc1ccccc1-2.O=C1C2=C(C(=O)c3cnccc31)c1ccccc1C2. The van der Waals surface area contributed by atoms with Crippen molar-refractivity contribution in [3.05, 3.63) is 207 Å². The lowest BCUT2D eigenvalue weighted by atomic mass is 9.85. The summed E-state index contributed by atoms with van der Waals surface area (Å²) in [5, 5.41) is 12.4. The lowest BCUT2D eigenvalue weighted by Crippen LogP contribution is -2.25. The molecule has 0 amide bonds. The first-order chi connectivity index (χ1) is 29.4. The van der Waals surface area contributed by atoms with E-state index in [2.05, 4.69) is 46.4 Å². The van der Waals surface area contributed by atoms with Gasteiger partial charge < -0.3 is 4.84 Å². The quantitative estimate of drug-likeness (QED) is 0.170. The summed E-state index contributed by atoms with van der Waals surface area (Å²) in [4.78, 5) is 64.2. The second-order valence-electron chi connectivity index (χ2n) is 14.7. The van der Waals surface area contributed by atoms with Crippen LogP contribution in [0.3, 0.4) is 0 Å². The van der Waals surface area contributed by atoms with Gasteiger partial charge in [0.25, 0.3) is 0 Å². The Morgan fingerprint density at radius 3 is 1.92 bits per heavy atom. The molecule has 0 atom stereocenters. The molecule has 8 aromatic rings. The van der Waals surface area contributed by atoms with Crippen molar-refractivity contribution in [3.8, 4) is 17.2 Å². The maximum absolute atomic E-state index is 12.8. The van der Waals surface area contributed by atoms with Gasteiger partial charge in [0.05, 0.1) is 33.8 Å². The largest absolute Gasteiger partial charge is 0.413 e. The molecule has 0 aliphatic heterocycles. The highest BCUT2D eigenvalue weighted by Crippen LogP contribution is 2.42. The second kappa shape index (κ2) is 14.4. The maximum Gasteiger partial charge on any atom is 0.214 e. The number of fused-ring (bicyclic) bond motifs is 12. The number of pyridine rings is 2. The van der Waals surface area contributed by atoms with E-state index in [1.54, 1.807) is 18.3 Å². The van der Waals surface area contributed by atoms with E-state index < -0.39 is 0 Å². The van der Waals surface area contributed by atoms with E-state index >= 15 is 0 Å². The monoisotopic (exact) mass is 780 g/mol. The number of carbonyl (C=O) groups excluding carboxylic acids is 4. The van der Waals surface area contributed by atoms with Crippen molar-refractivity contribution in [1.29, 1.82) is 5.26 Å². The topological polar surface area (TPSA) is 132 Å². The molecule has 0 spiro atoms. The molecule has 0 unspecified atom stereocenters. The predicted molar refractivity (Wildman–Crippen MR) is 227 cm³/mol. The van der Waals surface area contributed by atoms with Crippen LogP contribution in [0.5, 0.6) is 0 Å². The third-order valence-corrected chi connectivity index (χ3v) is 11.6. The normalized spacial score (nSPS) is 13.7. The van der Waals surface area contributed by atoms with Crippen molar-refractivity contribution in [2.75, 3.05) is 6.61 Å². The average molecular weight is 781 g/mol. The Bertz CT molecular complexity index is 3280. The van der Waals surface area contributed by atoms with Crippen LogP contribution in [0.1, 0.15) is 87.4 Å². The highest BCUT2D eigenvalue weighted by molar-refractivity contribution is 6.41. The van der Waals surface area contributed by atoms with E-state index in [-0.39, 0.29) is 23.1 Å². The number of nitrogens with zero attached hydrogens (tertiary/aromatic N) is 4. The lowest BCUT2D eigenvalue weighted by molar-refractivity contribution is 0.0901. The first kappa shape index (κ1) is 36.3. The minimum absolute atomic E-state index is 0.0387. The molecule has 5 aromatic carbocycles. The molecule has 286 valence electrons. The second-order valence-corrected chi connectivity index (χ2v) is 14.7. The number of benzene rings is 5. The number of allylic oxidation sites excluding steroid dienone is 2. The minimum atomic E-state index is -0.211. The highest BCUT2D eigenvalue weighted by atomic mass is 16.7. The van der Waals surface area contributed by atoms with E-state index in [4.69, 9.17) is 4.84 Å². The number of Topliss-reactive ketones (excluding diaryl/α,β-unsaturated/α-hetero) is 2. The van der Waals surface area contributed by atoms with Crippen LogP contribution in [0.25, 0.3) is 38.4 Å². The van der Waals surface area contributed by atoms with Crippen molar-refractivity contribution >= 4 is 50.4 Å². The average Bonchev–Trinajstić information content (AvgIpc) is 3.98. The number of carbonyl (C=O) groups is 4. The van der Waals surface area contributed by atoms with E-state index in [9.17, 15) is 24.4 Å². The maximum atomic E-state index is 12.8. The summed E-state index contributed by atoms with van der Waals surface area (Å²) in [5.74, 6) is -0.519. The molecule has 4 aliphatic carbocycles. The van der Waals surface area contributed by atoms with Gasteiger partial charge in [-0.2, -0.15) is 9.99 Å². The van der Waals surface area contributed by atoms with Crippen molar-refractivity contribution < 1.29 is 24.0 Å². The molecular weight excluding hydrogens is 749 g/mol. The van der Waals surface area contributed by atoms with Crippen molar-refractivity contribution in [3.63, 3.8) is 0 Å². The van der Waals surface area contributed by atoms with Crippen LogP contribution >= 0.6 is 0 Å². The molecule has 3 heterocycles. The van der Waals surface area contributed by atoms with Crippen LogP contribution in [-0.4, -0.2) is 44.4 Å². The number of nitriles is 1. The molecule has 0 saturated heterocycles. The smallest absolute Gasteiger partial charge is 0.214 e. The van der Waals surface area contributed by atoms with Crippen molar-refractivity contribution in [2.24, 2.45) is 0 Å². The third-order valence-electron chi connectivity index (χ3n) is 11.6. The predicted octanol–water partition coefficient (Wildman–Crippen LogP) is 9.01. The van der Waals surface area contributed by atoms with Crippen LogP contribution < -0.4 is 4.84 Å². The number of rotatable bonds is 2. The molecule has 0 bridgehead atoms. The van der Waals surface area contributed by atoms with Gasteiger partial charge in [-0.1, -0.05) is 91.0 Å². The van der Waals surface area contributed by atoms with Gasteiger partial charge in [-0.3, -0.25) is 29.1 Å². The number of hydrogen-bond donors (Lipinski definition) is 0. The fraction of sp³-hybridized carbons (Fsp3) is 0.0784. The van der Waals surface area contributed by atoms with Gasteiger partial charge in [0.15, 0.2) is 17.3 Å². The lowest BCUT2D eigenvalue weighted by Gasteiger charge is -2.16. The van der Waals surface area contributed by atoms with Gasteiger partial charge in [0.2, 0.25) is 5.78 Å². The Morgan fingerprint density at radius 2 is 1.20 bits per heavy atom. The summed E-state index contributed by atoms with van der Waals surface area (Å²) in [5.41, 5.74) is 12.2. The van der Waals surface area contributed by atoms with Crippen LogP contribution in [0, 0.1) is 11.3 Å². The van der Waals surface area contributed by atoms with Crippen molar-refractivity contribution in [1.82, 2.24) is 14.7 Å². The molecule has 9 heteroatoms. The summed E-state index contributed by atoms with van der Waals surface area (Å²) >= 11 is 0. The first-order valence-corrected chi connectivity index (χ1v) is 19.6. The summed E-state index contributed by atoms with van der Waals surface area (Å²) in [6, 6.07) is 39.3. The Morgan fingerprint density at radius 1 is 0.600 bits per heavy atom. The van der Waals surface area contributed by atoms with Crippen LogP contribution in [0.4, 0.5) is 0 Å². The molecule has 3 aromatic heterocycles. The summed E-state index contributed by atoms with van der Waals surface area (Å²) in [6.45, 7) is 2.24. The fourth-order valence-electron chi connectivity index (χ4n) is 8.92. The number of para-hydroxylation sites is 1. The van der Waals surface area contributed by atoms with Gasteiger partial charge in [-0.15, -0.1) is 0 Å². The van der Waals surface area contributed by atoms with Gasteiger partial charge in [-0.05, 0) is 81.8 Å². The molecule has 9 nitrogen and oxygen atoms in total. The Labute approximate surface area is 343 Å². The third kappa shape index (κ3) is 5.53. The Kier molecular flexibility index (Phi) is 8.69. The molecule has 12 rings (SSSR count). The molecule has 0 saturated carbocycles. The zero-order valence-corrected chi connectivity index (χ0v) is 32.2. The van der Waals surface area contributed by atoms with Gasteiger partial charge in [0.1, 0.15) is 12.3 Å². The van der Waals surface area contributed by atoms with Crippen molar-refractivity contribution in [2.45, 2.75) is 19.8 Å². The van der Waals surface area contributed by atoms with E-state index in [1.807, 2.05) is 79.7 Å². The zero-order valence-electron chi connectivity index (χ0n) is 32.2. The minimum Gasteiger partial charge on any atom is -0.413 e. The van der Waals surface area contributed by atoms with Gasteiger partial charge in [0, 0.05) is 58.9 Å². The number of aromatic nitrogens is 3. The number of hydrogen-bond acceptors (Lipinski definition) is 8. The van der Waals surface area contributed by atoms with E-state index in [0.29, 0.717) is 57.7 Å².